The number of para-hydroxylation sites is 1. The lowest BCUT2D eigenvalue weighted by Crippen LogP contribution is -2.30. The first-order chi connectivity index (χ1) is 11.6. The number of amides is 1. The number of rotatable bonds is 7. The Kier molecular flexibility index (Phi) is 5.23. The Morgan fingerprint density at radius 2 is 2.00 bits per heavy atom. The Morgan fingerprint density at radius 1 is 1.29 bits per heavy atom. The zero-order valence-electron chi connectivity index (χ0n) is 14.4. The van der Waals surface area contributed by atoms with Crippen LogP contribution in [-0.2, 0) is 11.3 Å². The summed E-state index contributed by atoms with van der Waals surface area (Å²) in [5.41, 5.74) is 0.823. The number of anilines is 1. The number of aromatic nitrogens is 3. The minimum absolute atomic E-state index is 0.0137. The number of benzene rings is 1. The Bertz CT molecular complexity index is 694. The Morgan fingerprint density at radius 3 is 2.58 bits per heavy atom. The van der Waals surface area contributed by atoms with Gasteiger partial charge < -0.3 is 9.88 Å². The number of nitrogens with zero attached hydrogens (tertiary/aromatic N) is 3. The van der Waals surface area contributed by atoms with Crippen LogP contribution < -0.4 is 5.32 Å². The molecule has 1 heterocycles. The average Bonchev–Trinajstić information content (AvgIpc) is 3.33. The lowest BCUT2D eigenvalue weighted by molar-refractivity contribution is -0.116. The van der Waals surface area contributed by atoms with E-state index in [2.05, 4.69) is 40.9 Å². The Hall–Kier alpha value is -1.82. The molecule has 3 rings (SSSR count). The van der Waals surface area contributed by atoms with E-state index in [9.17, 15) is 4.79 Å². The fraction of sp³-hybridized carbons (Fsp3) is 0.500. The molecule has 2 aromatic rings. The van der Waals surface area contributed by atoms with Crippen molar-refractivity contribution in [3.8, 4) is 0 Å². The summed E-state index contributed by atoms with van der Waals surface area (Å²) in [5, 5.41) is 12.4. The van der Waals surface area contributed by atoms with Crippen LogP contribution in [0.2, 0.25) is 0 Å². The molecule has 5 nitrogen and oxygen atoms in total. The van der Waals surface area contributed by atoms with E-state index in [1.165, 1.54) is 24.6 Å². The van der Waals surface area contributed by atoms with Crippen LogP contribution in [-0.4, -0.2) is 25.9 Å². The van der Waals surface area contributed by atoms with Crippen LogP contribution in [0.15, 0.2) is 35.5 Å². The molecule has 1 aliphatic rings. The zero-order chi connectivity index (χ0) is 17.1. The highest BCUT2D eigenvalue weighted by molar-refractivity contribution is 8.00. The zero-order valence-corrected chi connectivity index (χ0v) is 15.2. The molecule has 24 heavy (non-hydrogen) atoms. The summed E-state index contributed by atoms with van der Waals surface area (Å²) in [6, 6.07) is 9.58. The first kappa shape index (κ1) is 17.0. The topological polar surface area (TPSA) is 59.8 Å². The van der Waals surface area contributed by atoms with Gasteiger partial charge in [-0.3, -0.25) is 4.79 Å². The second-order valence-electron chi connectivity index (χ2n) is 6.50. The van der Waals surface area contributed by atoms with E-state index in [-0.39, 0.29) is 17.1 Å². The fourth-order valence-electron chi connectivity index (χ4n) is 2.67. The molecule has 128 valence electrons. The van der Waals surface area contributed by atoms with Gasteiger partial charge in [-0.05, 0) is 37.8 Å². The highest BCUT2D eigenvalue weighted by Gasteiger charge is 2.32. The maximum atomic E-state index is 12.7. The number of carbonyl (C=O) groups excluding carboxylic acids is 1. The standard InChI is InChI=1S/C18H24N4OS/c1-4-22-16(13-10-11-13)20-21-18(22)24-15(12(2)3)17(23)19-14-8-6-5-7-9-14/h5-9,12-13,15H,4,10-11H2,1-3H3,(H,19,23)/t15-/m1/s1. The van der Waals surface area contributed by atoms with Crippen LogP contribution in [0.1, 0.15) is 45.4 Å². The summed E-state index contributed by atoms with van der Waals surface area (Å²) in [6.45, 7) is 7.08. The van der Waals surface area contributed by atoms with Crippen LogP contribution in [0.4, 0.5) is 5.69 Å². The SMILES string of the molecule is CCn1c(S[C@@H](C(=O)Nc2ccccc2)C(C)C)nnc1C1CC1. The number of thioether (sulfide) groups is 1. The van der Waals surface area contributed by atoms with Gasteiger partial charge in [-0.2, -0.15) is 0 Å². The maximum absolute atomic E-state index is 12.7. The largest absolute Gasteiger partial charge is 0.325 e. The third-order valence-corrected chi connectivity index (χ3v) is 5.67. The molecule has 0 unspecified atom stereocenters. The van der Waals surface area contributed by atoms with Gasteiger partial charge in [0.15, 0.2) is 5.16 Å². The van der Waals surface area contributed by atoms with Crippen molar-refractivity contribution in [2.24, 2.45) is 5.92 Å². The summed E-state index contributed by atoms with van der Waals surface area (Å²) in [4.78, 5) is 12.7. The molecular weight excluding hydrogens is 320 g/mol. The summed E-state index contributed by atoms with van der Waals surface area (Å²) in [5.74, 6) is 1.85. The first-order valence-electron chi connectivity index (χ1n) is 8.55. The van der Waals surface area contributed by atoms with Gasteiger partial charge in [-0.15, -0.1) is 10.2 Å². The summed E-state index contributed by atoms with van der Waals surface area (Å²) >= 11 is 1.52. The van der Waals surface area contributed by atoms with Gasteiger partial charge >= 0.3 is 0 Å². The molecular formula is C18H24N4OS. The van der Waals surface area contributed by atoms with Gasteiger partial charge in [-0.25, -0.2) is 0 Å². The van der Waals surface area contributed by atoms with E-state index in [0.29, 0.717) is 5.92 Å². The second kappa shape index (κ2) is 7.38. The minimum atomic E-state index is -0.202. The van der Waals surface area contributed by atoms with Gasteiger partial charge in [0.05, 0.1) is 5.25 Å². The molecule has 1 amide bonds. The highest BCUT2D eigenvalue weighted by atomic mass is 32.2. The lowest BCUT2D eigenvalue weighted by atomic mass is 10.1. The molecule has 1 fully saturated rings. The number of carbonyl (C=O) groups is 1. The van der Waals surface area contributed by atoms with Gasteiger partial charge in [0, 0.05) is 18.2 Å². The predicted molar refractivity (Wildman–Crippen MR) is 97.2 cm³/mol. The first-order valence-corrected chi connectivity index (χ1v) is 9.43. The van der Waals surface area contributed by atoms with Crippen molar-refractivity contribution in [2.45, 2.75) is 56.5 Å². The van der Waals surface area contributed by atoms with Crippen molar-refractivity contribution in [3.63, 3.8) is 0 Å². The normalized spacial score (nSPS) is 15.5. The van der Waals surface area contributed by atoms with Gasteiger partial charge in [-0.1, -0.05) is 43.8 Å². The van der Waals surface area contributed by atoms with E-state index >= 15 is 0 Å². The van der Waals surface area contributed by atoms with E-state index in [1.54, 1.807) is 0 Å². The van der Waals surface area contributed by atoms with E-state index in [4.69, 9.17) is 0 Å². The molecule has 0 aliphatic heterocycles. The fourth-order valence-corrected chi connectivity index (χ4v) is 3.77. The van der Waals surface area contributed by atoms with Gasteiger partial charge in [0.1, 0.15) is 5.82 Å². The van der Waals surface area contributed by atoms with Crippen LogP contribution in [0, 0.1) is 5.92 Å². The molecule has 0 saturated heterocycles. The van der Waals surface area contributed by atoms with Crippen LogP contribution >= 0.6 is 11.8 Å². The lowest BCUT2D eigenvalue weighted by Gasteiger charge is -2.19. The monoisotopic (exact) mass is 344 g/mol. The molecule has 0 radical (unpaired) electrons. The third kappa shape index (κ3) is 3.80. The maximum Gasteiger partial charge on any atom is 0.238 e. The average molecular weight is 344 g/mol. The molecule has 0 spiro atoms. The number of nitrogens with one attached hydrogen (secondary N) is 1. The van der Waals surface area contributed by atoms with Crippen LogP contribution in [0.25, 0.3) is 0 Å². The molecule has 0 bridgehead atoms. The quantitative estimate of drug-likeness (QED) is 0.773. The Labute approximate surface area is 147 Å². The smallest absolute Gasteiger partial charge is 0.238 e. The molecule has 6 heteroatoms. The number of hydrogen-bond acceptors (Lipinski definition) is 4. The van der Waals surface area contributed by atoms with E-state index in [0.717, 1.165) is 23.2 Å². The Balaban J connectivity index is 1.75. The molecule has 1 aliphatic carbocycles. The summed E-state index contributed by atoms with van der Waals surface area (Å²) in [7, 11) is 0. The van der Waals surface area contributed by atoms with Crippen molar-refractivity contribution in [1.29, 1.82) is 0 Å². The molecule has 1 atom stereocenters. The molecule has 1 aromatic heterocycles. The predicted octanol–water partition coefficient (Wildman–Crippen LogP) is 3.93. The van der Waals surface area contributed by atoms with Crippen LogP contribution in [0.5, 0.6) is 0 Å². The van der Waals surface area contributed by atoms with Gasteiger partial charge in [0.2, 0.25) is 5.91 Å². The van der Waals surface area contributed by atoms with E-state index in [1.807, 2.05) is 30.3 Å². The summed E-state index contributed by atoms with van der Waals surface area (Å²) in [6.07, 6.45) is 2.40. The molecule has 1 N–H and O–H groups in total. The van der Waals surface area contributed by atoms with Crippen molar-refractivity contribution >= 4 is 23.4 Å². The third-order valence-electron chi connectivity index (χ3n) is 4.14. The van der Waals surface area contributed by atoms with Crippen molar-refractivity contribution in [2.75, 3.05) is 5.32 Å². The summed E-state index contributed by atoms with van der Waals surface area (Å²) < 4.78 is 2.16. The highest BCUT2D eigenvalue weighted by Crippen LogP contribution is 2.40. The second-order valence-corrected chi connectivity index (χ2v) is 7.61. The molecule has 1 aromatic carbocycles. The van der Waals surface area contributed by atoms with Crippen LogP contribution in [0.3, 0.4) is 0 Å². The number of hydrogen-bond donors (Lipinski definition) is 1. The minimum Gasteiger partial charge on any atom is -0.325 e. The van der Waals surface area contributed by atoms with E-state index < -0.39 is 0 Å². The van der Waals surface area contributed by atoms with Gasteiger partial charge in [0.25, 0.3) is 0 Å². The molecule has 1 saturated carbocycles. The van der Waals surface area contributed by atoms with Crippen molar-refractivity contribution < 1.29 is 4.79 Å². The van der Waals surface area contributed by atoms with Crippen molar-refractivity contribution in [3.05, 3.63) is 36.2 Å². The van der Waals surface area contributed by atoms with Crippen molar-refractivity contribution in [1.82, 2.24) is 14.8 Å².